The molecule has 0 aliphatic carbocycles. The van der Waals surface area contributed by atoms with Crippen LogP contribution in [0.2, 0.25) is 0 Å². The minimum Gasteiger partial charge on any atom is -0.465 e. The number of imidazole rings is 1. The van der Waals surface area contributed by atoms with Crippen LogP contribution in [-0.4, -0.2) is 27.8 Å². The van der Waals surface area contributed by atoms with E-state index in [1.54, 1.807) is 4.40 Å². The van der Waals surface area contributed by atoms with E-state index >= 15 is 0 Å². The van der Waals surface area contributed by atoms with E-state index in [9.17, 15) is 14.0 Å². The lowest BCUT2D eigenvalue weighted by molar-refractivity contribution is 0.0602. The topological polar surface area (TPSA) is 52.7 Å². The molecule has 26 heavy (non-hydrogen) atoms. The number of hydrogen-bond donors (Lipinski definition) is 0. The Labute approximate surface area is 148 Å². The third-order valence-electron chi connectivity index (χ3n) is 4.52. The van der Waals surface area contributed by atoms with E-state index in [2.05, 4.69) is 0 Å². The predicted octanol–water partition coefficient (Wildman–Crippen LogP) is 3.59. The Morgan fingerprint density at radius 2 is 1.65 bits per heavy atom. The number of ether oxygens (including phenoxy) is 1. The van der Waals surface area contributed by atoms with Gasteiger partial charge in [-0.05, 0) is 42.5 Å². The van der Waals surface area contributed by atoms with Gasteiger partial charge < -0.3 is 9.30 Å². The quantitative estimate of drug-likeness (QED) is 0.419. The van der Waals surface area contributed by atoms with Crippen molar-refractivity contribution in [2.24, 2.45) is 7.05 Å². The van der Waals surface area contributed by atoms with Crippen LogP contribution in [0.25, 0.3) is 16.7 Å². The van der Waals surface area contributed by atoms with Crippen LogP contribution in [0.3, 0.4) is 0 Å². The first-order valence-electron chi connectivity index (χ1n) is 8.00. The van der Waals surface area contributed by atoms with Crippen molar-refractivity contribution in [3.63, 3.8) is 0 Å². The van der Waals surface area contributed by atoms with E-state index in [1.165, 1.54) is 37.4 Å². The van der Waals surface area contributed by atoms with Crippen molar-refractivity contribution in [3.05, 3.63) is 77.2 Å². The van der Waals surface area contributed by atoms with Gasteiger partial charge in [0.25, 0.3) is 0 Å². The van der Waals surface area contributed by atoms with Crippen LogP contribution in [0, 0.1) is 5.82 Å². The number of benzene rings is 2. The third-order valence-corrected chi connectivity index (χ3v) is 4.52. The van der Waals surface area contributed by atoms with Gasteiger partial charge >= 0.3 is 5.97 Å². The highest BCUT2D eigenvalue weighted by atomic mass is 19.1. The van der Waals surface area contributed by atoms with Crippen LogP contribution in [0.5, 0.6) is 0 Å². The molecule has 4 aromatic rings. The smallest absolute Gasteiger partial charge is 0.341 e. The van der Waals surface area contributed by atoms with Gasteiger partial charge in [0.2, 0.25) is 5.78 Å². The van der Waals surface area contributed by atoms with E-state index in [1.807, 2.05) is 35.9 Å². The van der Waals surface area contributed by atoms with Crippen molar-refractivity contribution < 1.29 is 18.7 Å². The molecule has 0 radical (unpaired) electrons. The highest BCUT2D eigenvalue weighted by molar-refractivity contribution is 6.12. The van der Waals surface area contributed by atoms with E-state index in [0.717, 1.165) is 11.0 Å². The molecule has 2 aromatic heterocycles. The number of para-hydroxylation sites is 2. The number of aryl methyl sites for hydroxylation is 1. The van der Waals surface area contributed by atoms with Crippen molar-refractivity contribution >= 4 is 28.4 Å². The molecule has 0 unspecified atom stereocenters. The van der Waals surface area contributed by atoms with Gasteiger partial charge in [0.05, 0.1) is 23.8 Å². The fourth-order valence-corrected chi connectivity index (χ4v) is 3.30. The Kier molecular flexibility index (Phi) is 3.61. The summed E-state index contributed by atoms with van der Waals surface area (Å²) in [5.41, 5.74) is 3.21. The monoisotopic (exact) mass is 350 g/mol. The first-order chi connectivity index (χ1) is 12.5. The van der Waals surface area contributed by atoms with Gasteiger partial charge in [-0.25, -0.2) is 9.18 Å². The SMILES string of the molecule is COC(=O)c1cc(C(=O)c2ccc(F)cc2)n2c3ccccc3n(C)c12. The number of carbonyl (C=O) groups is 2. The molecule has 4 rings (SSSR count). The number of methoxy groups -OCH3 is 1. The zero-order valence-electron chi connectivity index (χ0n) is 14.2. The number of fused-ring (bicyclic) bond motifs is 3. The average Bonchev–Trinajstić information content (AvgIpc) is 3.19. The Morgan fingerprint density at radius 1 is 1.00 bits per heavy atom. The molecular weight excluding hydrogens is 335 g/mol. The maximum atomic E-state index is 13.2. The lowest BCUT2D eigenvalue weighted by atomic mass is 10.1. The summed E-state index contributed by atoms with van der Waals surface area (Å²) in [7, 11) is 3.13. The zero-order chi connectivity index (χ0) is 18.4. The van der Waals surface area contributed by atoms with Gasteiger partial charge in [0.15, 0.2) is 0 Å². The van der Waals surface area contributed by atoms with E-state index in [-0.39, 0.29) is 5.78 Å². The summed E-state index contributed by atoms with van der Waals surface area (Å²) in [4.78, 5) is 25.3. The fourth-order valence-electron chi connectivity index (χ4n) is 3.30. The number of rotatable bonds is 3. The van der Waals surface area contributed by atoms with Gasteiger partial charge in [-0.15, -0.1) is 0 Å². The second kappa shape index (κ2) is 5.84. The van der Waals surface area contributed by atoms with Gasteiger partial charge in [-0.2, -0.15) is 0 Å². The lowest BCUT2D eigenvalue weighted by Gasteiger charge is -2.01. The van der Waals surface area contributed by atoms with Crippen molar-refractivity contribution in [3.8, 4) is 0 Å². The highest BCUT2D eigenvalue weighted by Gasteiger charge is 2.25. The van der Waals surface area contributed by atoms with E-state index < -0.39 is 11.8 Å². The van der Waals surface area contributed by atoms with Crippen molar-refractivity contribution in [1.29, 1.82) is 0 Å². The highest BCUT2D eigenvalue weighted by Crippen LogP contribution is 2.28. The normalized spacial score (nSPS) is 11.2. The maximum absolute atomic E-state index is 13.2. The summed E-state index contributed by atoms with van der Waals surface area (Å²) in [6.07, 6.45) is 0. The summed E-state index contributed by atoms with van der Waals surface area (Å²) < 4.78 is 21.7. The van der Waals surface area contributed by atoms with Crippen LogP contribution >= 0.6 is 0 Å². The summed E-state index contributed by atoms with van der Waals surface area (Å²) in [6, 6.07) is 14.4. The number of aromatic nitrogens is 2. The number of nitrogens with zero attached hydrogens (tertiary/aromatic N) is 2. The van der Waals surface area contributed by atoms with E-state index in [4.69, 9.17) is 4.74 Å². The zero-order valence-corrected chi connectivity index (χ0v) is 14.2. The number of esters is 1. The molecule has 0 aliphatic heterocycles. The molecule has 0 amide bonds. The molecule has 0 saturated heterocycles. The van der Waals surface area contributed by atoms with Crippen molar-refractivity contribution in [2.75, 3.05) is 7.11 Å². The molecule has 0 bridgehead atoms. The van der Waals surface area contributed by atoms with Gasteiger partial charge in [-0.1, -0.05) is 12.1 Å². The molecule has 6 heteroatoms. The first kappa shape index (κ1) is 16.1. The molecule has 0 aliphatic rings. The minimum atomic E-state index is -0.522. The first-order valence-corrected chi connectivity index (χ1v) is 8.00. The Morgan fingerprint density at radius 3 is 2.31 bits per heavy atom. The second-order valence-corrected chi connectivity index (χ2v) is 5.98. The fraction of sp³-hybridized carbons (Fsp3) is 0.100. The van der Waals surface area contributed by atoms with Crippen LogP contribution in [0.15, 0.2) is 54.6 Å². The molecule has 0 N–H and O–H groups in total. The summed E-state index contributed by atoms with van der Waals surface area (Å²) in [5.74, 6) is -1.24. The predicted molar refractivity (Wildman–Crippen MR) is 95.0 cm³/mol. The van der Waals surface area contributed by atoms with Gasteiger partial charge in [0, 0.05) is 12.6 Å². The van der Waals surface area contributed by atoms with E-state index in [0.29, 0.717) is 22.5 Å². The third kappa shape index (κ3) is 2.23. The van der Waals surface area contributed by atoms with Crippen molar-refractivity contribution in [2.45, 2.75) is 0 Å². The van der Waals surface area contributed by atoms with Crippen LogP contribution in [0.1, 0.15) is 26.4 Å². The molecule has 2 heterocycles. The van der Waals surface area contributed by atoms with Gasteiger partial charge in [-0.3, -0.25) is 9.20 Å². The van der Waals surface area contributed by atoms with Crippen LogP contribution in [0.4, 0.5) is 4.39 Å². The lowest BCUT2D eigenvalue weighted by Crippen LogP contribution is -2.04. The standard InChI is InChI=1S/C20H15FN2O3/c1-22-15-5-3-4-6-16(15)23-17(11-14(19(22)23)20(25)26-2)18(24)12-7-9-13(21)10-8-12/h3-11H,1-2H3. The molecule has 5 nitrogen and oxygen atoms in total. The molecule has 2 aromatic carbocycles. The number of ketones is 1. The Hall–Kier alpha value is -3.41. The van der Waals surface area contributed by atoms with Crippen molar-refractivity contribution in [1.82, 2.24) is 8.97 Å². The summed E-state index contributed by atoms with van der Waals surface area (Å²) >= 11 is 0. The molecule has 0 fully saturated rings. The number of halogens is 1. The second-order valence-electron chi connectivity index (χ2n) is 5.98. The molecule has 0 spiro atoms. The largest absolute Gasteiger partial charge is 0.465 e. The Balaban J connectivity index is 2.06. The van der Waals surface area contributed by atoms with Crippen LogP contribution in [-0.2, 0) is 11.8 Å². The summed E-state index contributed by atoms with van der Waals surface area (Å²) in [5, 5.41) is 0. The van der Waals surface area contributed by atoms with Crippen LogP contribution < -0.4 is 0 Å². The number of hydrogen-bond acceptors (Lipinski definition) is 3. The average molecular weight is 350 g/mol. The molecular formula is C20H15FN2O3. The number of carbonyl (C=O) groups excluding carboxylic acids is 2. The maximum Gasteiger partial charge on any atom is 0.341 e. The molecule has 0 saturated carbocycles. The minimum absolute atomic E-state index is 0.300. The summed E-state index contributed by atoms with van der Waals surface area (Å²) in [6.45, 7) is 0. The molecule has 130 valence electrons. The molecule has 0 atom stereocenters. The van der Waals surface area contributed by atoms with Gasteiger partial charge in [0.1, 0.15) is 17.0 Å². The Bertz CT molecular complexity index is 1170.